The lowest BCUT2D eigenvalue weighted by Crippen LogP contribution is -2.19. The standard InChI is InChI=1S/C14H19NO/c1-4-5-6-10-15-12(2)13-8-7-9-14(11-13)16-3/h7-9,11-12,15H,6,10H2,1-3H3/t12-/m1/s1. The molecule has 0 saturated carbocycles. The monoisotopic (exact) mass is 217 g/mol. The Labute approximate surface area is 98.0 Å². The zero-order chi connectivity index (χ0) is 11.8. The molecule has 0 bridgehead atoms. The molecule has 0 saturated heterocycles. The lowest BCUT2D eigenvalue weighted by Gasteiger charge is -2.14. The van der Waals surface area contributed by atoms with Crippen LogP contribution in [-0.2, 0) is 0 Å². The number of hydrogen-bond donors (Lipinski definition) is 1. The van der Waals surface area contributed by atoms with E-state index in [-0.39, 0.29) is 0 Å². The highest BCUT2D eigenvalue weighted by Gasteiger charge is 2.04. The molecule has 1 aromatic rings. The van der Waals surface area contributed by atoms with Crippen molar-refractivity contribution >= 4 is 0 Å². The minimum atomic E-state index is 0.328. The molecule has 1 atom stereocenters. The minimum Gasteiger partial charge on any atom is -0.497 e. The summed E-state index contributed by atoms with van der Waals surface area (Å²) in [5.41, 5.74) is 1.24. The predicted octanol–water partition coefficient (Wildman–Crippen LogP) is 2.76. The van der Waals surface area contributed by atoms with Crippen molar-refractivity contribution < 1.29 is 4.74 Å². The molecule has 1 rings (SSSR count). The molecule has 0 aliphatic heterocycles. The van der Waals surface area contributed by atoms with E-state index in [0.29, 0.717) is 6.04 Å². The lowest BCUT2D eigenvalue weighted by atomic mass is 10.1. The van der Waals surface area contributed by atoms with E-state index in [9.17, 15) is 0 Å². The van der Waals surface area contributed by atoms with Gasteiger partial charge in [0.1, 0.15) is 5.75 Å². The van der Waals surface area contributed by atoms with Gasteiger partial charge in [0, 0.05) is 19.0 Å². The summed E-state index contributed by atoms with van der Waals surface area (Å²) in [4.78, 5) is 0. The molecule has 0 amide bonds. The van der Waals surface area contributed by atoms with Crippen LogP contribution in [0.15, 0.2) is 24.3 Å². The molecule has 0 spiro atoms. The second-order valence-corrected chi connectivity index (χ2v) is 3.63. The molecule has 86 valence electrons. The summed E-state index contributed by atoms with van der Waals surface area (Å²) in [5, 5.41) is 3.43. The van der Waals surface area contributed by atoms with Crippen LogP contribution in [0.4, 0.5) is 0 Å². The first-order chi connectivity index (χ1) is 7.77. The summed E-state index contributed by atoms with van der Waals surface area (Å²) in [5.74, 6) is 6.83. The van der Waals surface area contributed by atoms with Crippen LogP contribution in [0.25, 0.3) is 0 Å². The van der Waals surface area contributed by atoms with Crippen molar-refractivity contribution in [2.75, 3.05) is 13.7 Å². The molecule has 1 N–H and O–H groups in total. The quantitative estimate of drug-likeness (QED) is 0.605. The maximum atomic E-state index is 5.20. The van der Waals surface area contributed by atoms with Gasteiger partial charge in [-0.05, 0) is 31.5 Å². The molecule has 0 aromatic heterocycles. The van der Waals surface area contributed by atoms with Gasteiger partial charge in [-0.2, -0.15) is 0 Å². The van der Waals surface area contributed by atoms with Crippen molar-refractivity contribution in [3.8, 4) is 17.6 Å². The van der Waals surface area contributed by atoms with Gasteiger partial charge in [-0.15, -0.1) is 11.8 Å². The Morgan fingerprint density at radius 1 is 1.44 bits per heavy atom. The SMILES string of the molecule is CC#CCCN[C@H](C)c1cccc(OC)c1. The van der Waals surface area contributed by atoms with E-state index in [0.717, 1.165) is 18.7 Å². The van der Waals surface area contributed by atoms with Crippen molar-refractivity contribution in [1.82, 2.24) is 5.32 Å². The molecular formula is C14H19NO. The van der Waals surface area contributed by atoms with E-state index >= 15 is 0 Å². The normalized spacial score (nSPS) is 11.4. The van der Waals surface area contributed by atoms with Crippen LogP contribution in [0, 0.1) is 11.8 Å². The van der Waals surface area contributed by atoms with E-state index in [1.54, 1.807) is 7.11 Å². The highest BCUT2D eigenvalue weighted by Crippen LogP contribution is 2.18. The maximum Gasteiger partial charge on any atom is 0.119 e. The largest absolute Gasteiger partial charge is 0.497 e. The lowest BCUT2D eigenvalue weighted by molar-refractivity contribution is 0.413. The highest BCUT2D eigenvalue weighted by atomic mass is 16.5. The van der Waals surface area contributed by atoms with E-state index in [1.807, 2.05) is 19.1 Å². The molecule has 0 aliphatic rings. The first-order valence-electron chi connectivity index (χ1n) is 5.55. The smallest absolute Gasteiger partial charge is 0.119 e. The highest BCUT2D eigenvalue weighted by molar-refractivity contribution is 5.30. The summed E-state index contributed by atoms with van der Waals surface area (Å²) in [6, 6.07) is 8.46. The summed E-state index contributed by atoms with van der Waals surface area (Å²) in [6.07, 6.45) is 0.894. The van der Waals surface area contributed by atoms with Gasteiger partial charge in [-0.3, -0.25) is 0 Å². The Kier molecular flexibility index (Phi) is 5.45. The Balaban J connectivity index is 2.50. The topological polar surface area (TPSA) is 21.3 Å². The number of methoxy groups -OCH3 is 1. The molecule has 1 aromatic carbocycles. The molecule has 16 heavy (non-hydrogen) atoms. The third-order valence-corrected chi connectivity index (χ3v) is 2.47. The van der Waals surface area contributed by atoms with E-state index in [2.05, 4.69) is 36.2 Å². The second-order valence-electron chi connectivity index (χ2n) is 3.63. The maximum absolute atomic E-state index is 5.20. The number of benzene rings is 1. The third-order valence-electron chi connectivity index (χ3n) is 2.47. The van der Waals surface area contributed by atoms with Crippen LogP contribution >= 0.6 is 0 Å². The average molecular weight is 217 g/mol. The Morgan fingerprint density at radius 2 is 2.25 bits per heavy atom. The molecule has 0 radical (unpaired) electrons. The van der Waals surface area contributed by atoms with Gasteiger partial charge < -0.3 is 10.1 Å². The van der Waals surface area contributed by atoms with Gasteiger partial charge in [0.2, 0.25) is 0 Å². The number of nitrogens with one attached hydrogen (secondary N) is 1. The first-order valence-corrected chi connectivity index (χ1v) is 5.55. The van der Waals surface area contributed by atoms with Crippen molar-refractivity contribution in [3.63, 3.8) is 0 Å². The molecule has 2 heteroatoms. The molecular weight excluding hydrogens is 198 g/mol. The van der Waals surface area contributed by atoms with Crippen LogP contribution in [0.1, 0.15) is 31.9 Å². The number of ether oxygens (including phenoxy) is 1. The van der Waals surface area contributed by atoms with Crippen LogP contribution in [0.2, 0.25) is 0 Å². The van der Waals surface area contributed by atoms with E-state index in [1.165, 1.54) is 5.56 Å². The van der Waals surface area contributed by atoms with Crippen LogP contribution < -0.4 is 10.1 Å². The number of rotatable bonds is 5. The molecule has 0 unspecified atom stereocenters. The Hall–Kier alpha value is -1.46. The van der Waals surface area contributed by atoms with Gasteiger partial charge in [-0.1, -0.05) is 12.1 Å². The summed E-state index contributed by atoms with van der Waals surface area (Å²) in [7, 11) is 1.69. The zero-order valence-electron chi connectivity index (χ0n) is 10.2. The fourth-order valence-corrected chi connectivity index (χ4v) is 1.50. The van der Waals surface area contributed by atoms with Crippen molar-refractivity contribution in [3.05, 3.63) is 29.8 Å². The zero-order valence-corrected chi connectivity index (χ0v) is 10.2. The van der Waals surface area contributed by atoms with Gasteiger partial charge in [0.15, 0.2) is 0 Å². The van der Waals surface area contributed by atoms with Gasteiger partial charge >= 0.3 is 0 Å². The van der Waals surface area contributed by atoms with Gasteiger partial charge in [0.25, 0.3) is 0 Å². The fourth-order valence-electron chi connectivity index (χ4n) is 1.50. The summed E-state index contributed by atoms with van der Waals surface area (Å²) >= 11 is 0. The number of hydrogen-bond acceptors (Lipinski definition) is 2. The van der Waals surface area contributed by atoms with Gasteiger partial charge in [-0.25, -0.2) is 0 Å². The minimum absolute atomic E-state index is 0.328. The first kappa shape index (κ1) is 12.6. The fraction of sp³-hybridized carbons (Fsp3) is 0.429. The second kappa shape index (κ2) is 6.92. The average Bonchev–Trinajstić information content (AvgIpc) is 2.34. The Morgan fingerprint density at radius 3 is 2.94 bits per heavy atom. The van der Waals surface area contributed by atoms with E-state index in [4.69, 9.17) is 4.74 Å². The molecule has 0 heterocycles. The predicted molar refractivity (Wildman–Crippen MR) is 67.5 cm³/mol. The summed E-state index contributed by atoms with van der Waals surface area (Å²) in [6.45, 7) is 4.93. The molecule has 2 nitrogen and oxygen atoms in total. The van der Waals surface area contributed by atoms with Crippen molar-refractivity contribution in [2.45, 2.75) is 26.3 Å². The third kappa shape index (κ3) is 3.96. The summed E-state index contributed by atoms with van der Waals surface area (Å²) < 4.78 is 5.20. The Bertz CT molecular complexity index is 376. The van der Waals surface area contributed by atoms with Crippen molar-refractivity contribution in [1.29, 1.82) is 0 Å². The van der Waals surface area contributed by atoms with E-state index < -0.39 is 0 Å². The molecule has 0 fully saturated rings. The van der Waals surface area contributed by atoms with Crippen molar-refractivity contribution in [2.24, 2.45) is 0 Å². The van der Waals surface area contributed by atoms with Crippen LogP contribution in [-0.4, -0.2) is 13.7 Å². The molecule has 0 aliphatic carbocycles. The van der Waals surface area contributed by atoms with Crippen LogP contribution in [0.3, 0.4) is 0 Å². The van der Waals surface area contributed by atoms with Gasteiger partial charge in [0.05, 0.1) is 7.11 Å². The van der Waals surface area contributed by atoms with Crippen LogP contribution in [0.5, 0.6) is 5.75 Å².